The molecule has 2 aromatic carbocycles. The van der Waals surface area contributed by atoms with Crippen LogP contribution < -0.4 is 4.74 Å². The number of carbonyl (C=O) groups is 2. The van der Waals surface area contributed by atoms with E-state index in [1.54, 1.807) is 24.3 Å². The highest BCUT2D eigenvalue weighted by atomic mass is 16.5. The van der Waals surface area contributed by atoms with Gasteiger partial charge in [0.2, 0.25) is 0 Å². The number of aryl methyl sites for hydroxylation is 1. The molecule has 30 heavy (non-hydrogen) atoms. The van der Waals surface area contributed by atoms with Crippen LogP contribution in [0.2, 0.25) is 0 Å². The van der Waals surface area contributed by atoms with Gasteiger partial charge in [0.05, 0.1) is 24.3 Å². The summed E-state index contributed by atoms with van der Waals surface area (Å²) in [7, 11) is 1.54. The van der Waals surface area contributed by atoms with E-state index in [1.807, 2.05) is 45.0 Å². The molecule has 0 saturated carbocycles. The average molecular weight is 409 g/mol. The van der Waals surface area contributed by atoms with Crippen LogP contribution in [-0.2, 0) is 14.3 Å². The maximum atomic E-state index is 12.9. The van der Waals surface area contributed by atoms with Crippen molar-refractivity contribution >= 4 is 17.4 Å². The number of rotatable bonds is 7. The molecule has 1 amide bonds. The van der Waals surface area contributed by atoms with Crippen LogP contribution in [0.4, 0.5) is 0 Å². The lowest BCUT2D eigenvalue weighted by Crippen LogP contribution is -2.32. The van der Waals surface area contributed by atoms with Crippen LogP contribution >= 0.6 is 0 Å². The second-order valence-corrected chi connectivity index (χ2v) is 7.59. The summed E-state index contributed by atoms with van der Waals surface area (Å²) in [5.41, 5.74) is 2.36. The summed E-state index contributed by atoms with van der Waals surface area (Å²) in [5.74, 6) is -0.872. The van der Waals surface area contributed by atoms with Crippen molar-refractivity contribution in [3.63, 3.8) is 0 Å². The van der Waals surface area contributed by atoms with Crippen LogP contribution in [-0.4, -0.2) is 48.1 Å². The van der Waals surface area contributed by atoms with Gasteiger partial charge in [-0.3, -0.25) is 9.59 Å². The Hall–Kier alpha value is -3.12. The summed E-state index contributed by atoms with van der Waals surface area (Å²) in [6.07, 6.45) is 0.0251. The molecule has 0 aromatic heterocycles. The molecule has 1 saturated heterocycles. The van der Waals surface area contributed by atoms with Gasteiger partial charge in [-0.1, -0.05) is 29.8 Å². The van der Waals surface area contributed by atoms with Crippen LogP contribution in [0.1, 0.15) is 36.6 Å². The number of amides is 1. The molecular formula is C24H27NO5. The predicted molar refractivity (Wildman–Crippen MR) is 114 cm³/mol. The monoisotopic (exact) mass is 409 g/mol. The second kappa shape index (κ2) is 9.13. The fourth-order valence-corrected chi connectivity index (χ4v) is 3.51. The van der Waals surface area contributed by atoms with E-state index in [0.29, 0.717) is 11.3 Å². The molecular weight excluding hydrogens is 382 g/mol. The van der Waals surface area contributed by atoms with Gasteiger partial charge in [0, 0.05) is 19.2 Å². The number of benzene rings is 2. The van der Waals surface area contributed by atoms with E-state index >= 15 is 0 Å². The van der Waals surface area contributed by atoms with Crippen LogP contribution in [0.5, 0.6) is 5.75 Å². The molecule has 1 heterocycles. The Balaban J connectivity index is 2.07. The van der Waals surface area contributed by atoms with Gasteiger partial charge in [0.15, 0.2) is 0 Å². The average Bonchev–Trinajstić information content (AvgIpc) is 2.97. The van der Waals surface area contributed by atoms with Crippen LogP contribution in [0, 0.1) is 6.92 Å². The molecule has 1 fully saturated rings. The number of aliphatic hydroxyl groups is 1. The molecule has 6 heteroatoms. The van der Waals surface area contributed by atoms with Crippen molar-refractivity contribution in [1.29, 1.82) is 0 Å². The Kier molecular flexibility index (Phi) is 6.57. The number of carbonyl (C=O) groups excluding carboxylic acids is 2. The fourth-order valence-electron chi connectivity index (χ4n) is 3.51. The fraction of sp³-hybridized carbons (Fsp3) is 0.333. The molecule has 1 aliphatic rings. The van der Waals surface area contributed by atoms with Gasteiger partial charge >= 0.3 is 0 Å². The minimum atomic E-state index is -0.698. The molecule has 158 valence electrons. The summed E-state index contributed by atoms with van der Waals surface area (Å²) in [6, 6.07) is 13.7. The number of Topliss-reactive ketones (excluding diaryl/α,β-unsaturated/α-hetero) is 1. The Labute approximate surface area is 176 Å². The van der Waals surface area contributed by atoms with E-state index in [-0.39, 0.29) is 30.6 Å². The summed E-state index contributed by atoms with van der Waals surface area (Å²) < 4.78 is 10.8. The highest BCUT2D eigenvalue weighted by Crippen LogP contribution is 2.39. The zero-order valence-electron chi connectivity index (χ0n) is 17.7. The molecule has 0 aliphatic carbocycles. The Morgan fingerprint density at radius 3 is 2.27 bits per heavy atom. The van der Waals surface area contributed by atoms with Crippen molar-refractivity contribution in [2.75, 3.05) is 20.3 Å². The maximum Gasteiger partial charge on any atom is 0.295 e. The number of aliphatic hydroxyl groups excluding tert-OH is 1. The molecule has 0 spiro atoms. The summed E-state index contributed by atoms with van der Waals surface area (Å²) in [5, 5.41) is 11.0. The highest BCUT2D eigenvalue weighted by Gasteiger charge is 2.45. The lowest BCUT2D eigenvalue weighted by Gasteiger charge is -2.25. The summed E-state index contributed by atoms with van der Waals surface area (Å²) in [4.78, 5) is 27.1. The summed E-state index contributed by atoms with van der Waals surface area (Å²) in [6.45, 7) is 6.36. The molecule has 0 unspecified atom stereocenters. The van der Waals surface area contributed by atoms with Crippen LogP contribution in [0.3, 0.4) is 0 Å². The Bertz CT molecular complexity index is 945. The van der Waals surface area contributed by atoms with Gasteiger partial charge in [-0.25, -0.2) is 0 Å². The maximum absolute atomic E-state index is 12.9. The van der Waals surface area contributed by atoms with Crippen molar-refractivity contribution < 1.29 is 24.2 Å². The zero-order valence-corrected chi connectivity index (χ0v) is 17.7. The first-order valence-corrected chi connectivity index (χ1v) is 9.94. The molecule has 3 rings (SSSR count). The molecule has 2 aromatic rings. The standard InChI is InChI=1S/C24H27NO5/c1-15(2)30-19-11-9-18(10-12-19)22(26)20-21(17-7-5-16(3)6-8-17)25(13-14-29-4)24(28)23(20)27/h5-12,15,21,26H,13-14H2,1-4H3/b22-20+/t21-/m1/s1. The van der Waals surface area contributed by atoms with Gasteiger partial charge < -0.3 is 19.5 Å². The van der Waals surface area contributed by atoms with Crippen molar-refractivity contribution in [3.8, 4) is 5.75 Å². The first-order valence-electron chi connectivity index (χ1n) is 9.94. The predicted octanol–water partition coefficient (Wildman–Crippen LogP) is 3.85. The minimum Gasteiger partial charge on any atom is -0.507 e. The minimum absolute atomic E-state index is 0.0251. The molecule has 6 nitrogen and oxygen atoms in total. The quantitative estimate of drug-likeness (QED) is 0.427. The molecule has 1 N–H and O–H groups in total. The number of hydrogen-bond donors (Lipinski definition) is 1. The third kappa shape index (κ3) is 4.39. The van der Waals surface area contributed by atoms with E-state index in [0.717, 1.165) is 11.1 Å². The third-order valence-electron chi connectivity index (χ3n) is 4.97. The third-order valence-corrected chi connectivity index (χ3v) is 4.97. The van der Waals surface area contributed by atoms with E-state index in [9.17, 15) is 14.7 Å². The van der Waals surface area contributed by atoms with Gasteiger partial charge in [0.25, 0.3) is 11.7 Å². The smallest absolute Gasteiger partial charge is 0.295 e. The second-order valence-electron chi connectivity index (χ2n) is 7.59. The molecule has 0 radical (unpaired) electrons. The van der Waals surface area contributed by atoms with Crippen LogP contribution in [0.25, 0.3) is 5.76 Å². The van der Waals surface area contributed by atoms with Crippen molar-refractivity contribution in [1.82, 2.24) is 4.90 Å². The van der Waals surface area contributed by atoms with Gasteiger partial charge in [-0.2, -0.15) is 0 Å². The molecule has 1 aliphatic heterocycles. The topological polar surface area (TPSA) is 76.1 Å². The summed E-state index contributed by atoms with van der Waals surface area (Å²) >= 11 is 0. The first kappa shape index (κ1) is 21.6. The number of ketones is 1. The van der Waals surface area contributed by atoms with Gasteiger partial charge in [-0.05, 0) is 50.6 Å². The number of hydrogen-bond acceptors (Lipinski definition) is 5. The van der Waals surface area contributed by atoms with Crippen LogP contribution in [0.15, 0.2) is 54.1 Å². The Morgan fingerprint density at radius 2 is 1.70 bits per heavy atom. The van der Waals surface area contributed by atoms with E-state index < -0.39 is 17.7 Å². The number of nitrogens with zero attached hydrogens (tertiary/aromatic N) is 1. The largest absolute Gasteiger partial charge is 0.507 e. The van der Waals surface area contributed by atoms with E-state index in [1.165, 1.54) is 12.0 Å². The lowest BCUT2D eigenvalue weighted by atomic mass is 9.94. The zero-order chi connectivity index (χ0) is 21.8. The molecule has 1 atom stereocenters. The highest BCUT2D eigenvalue weighted by molar-refractivity contribution is 6.46. The van der Waals surface area contributed by atoms with E-state index in [4.69, 9.17) is 9.47 Å². The normalized spacial score (nSPS) is 18.3. The number of likely N-dealkylation sites (tertiary alicyclic amines) is 1. The van der Waals surface area contributed by atoms with Gasteiger partial charge in [-0.15, -0.1) is 0 Å². The molecule has 0 bridgehead atoms. The van der Waals surface area contributed by atoms with Crippen molar-refractivity contribution in [2.24, 2.45) is 0 Å². The first-order chi connectivity index (χ1) is 14.3. The van der Waals surface area contributed by atoms with Gasteiger partial charge in [0.1, 0.15) is 11.5 Å². The Morgan fingerprint density at radius 1 is 1.07 bits per heavy atom. The van der Waals surface area contributed by atoms with E-state index in [2.05, 4.69) is 0 Å². The number of methoxy groups -OCH3 is 1. The number of ether oxygens (including phenoxy) is 2. The SMILES string of the molecule is COCCN1C(=O)C(=O)/C(=C(/O)c2ccc(OC(C)C)cc2)[C@H]1c1ccc(C)cc1. The van der Waals surface area contributed by atoms with Crippen molar-refractivity contribution in [3.05, 3.63) is 70.8 Å². The van der Waals surface area contributed by atoms with Crippen molar-refractivity contribution in [2.45, 2.75) is 32.9 Å². The lowest BCUT2D eigenvalue weighted by molar-refractivity contribution is -0.140.